The van der Waals surface area contributed by atoms with Crippen LogP contribution in [0.1, 0.15) is 39.5 Å². The summed E-state index contributed by atoms with van der Waals surface area (Å²) >= 11 is 0. The Labute approximate surface area is 271 Å². The summed E-state index contributed by atoms with van der Waals surface area (Å²) in [7, 11) is 3.51. The first-order valence-corrected chi connectivity index (χ1v) is 10.9. The molecule has 268 valence electrons. The van der Waals surface area contributed by atoms with E-state index >= 15 is 0 Å². The standard InChI is InChI=1S/C8H4F13.C8H15F3O4.2C2H6O.2Ti/c9-3(10)6(16,17)8(20,21)7(18,19)4(11,12)1-2-5(13,14)15;1-13-8(14-2,15-3)6(12)4-5-7(9,10)11;2*1-2-3;;/h1-2H2;6,12H,4-5H2,1-3H3;2*3H,2H2,1H3;;/q-1;;;;;. The molecule has 0 bridgehead atoms. The van der Waals surface area contributed by atoms with E-state index < -0.39 is 80.2 Å². The molecule has 0 heterocycles. The Balaban J connectivity index is -0.000000138. The molecule has 0 aliphatic heterocycles. The van der Waals surface area contributed by atoms with Gasteiger partial charge in [0.05, 0.1) is 6.43 Å². The zero-order valence-corrected chi connectivity index (χ0v) is 26.6. The maximum Gasteiger partial charge on any atom is 0.389 e. The molecule has 0 rings (SSSR count). The Morgan fingerprint density at radius 1 is 0.591 bits per heavy atom. The van der Waals surface area contributed by atoms with E-state index in [1.807, 2.05) is 0 Å². The van der Waals surface area contributed by atoms with E-state index in [4.69, 9.17) is 24.4 Å². The zero-order valence-electron chi connectivity index (χ0n) is 23.4. The summed E-state index contributed by atoms with van der Waals surface area (Å²) in [5, 5.41) is 24.6. The monoisotopic (exact) mass is 767 g/mol. The topological polar surface area (TPSA) is 88.4 Å². The van der Waals surface area contributed by atoms with Crippen LogP contribution in [0.25, 0.3) is 0 Å². The van der Waals surface area contributed by atoms with Gasteiger partial charge in [-0.15, -0.1) is 0 Å². The molecule has 0 saturated heterocycles. The number of rotatable bonds is 12. The van der Waals surface area contributed by atoms with E-state index in [0.717, 1.165) is 0 Å². The average Bonchev–Trinajstić information content (AvgIpc) is 2.83. The van der Waals surface area contributed by atoms with Crippen molar-refractivity contribution in [2.45, 2.75) is 87.7 Å². The molecule has 1 unspecified atom stereocenters. The molecule has 0 amide bonds. The molecule has 1 atom stereocenters. The van der Waals surface area contributed by atoms with Gasteiger partial charge in [-0.1, -0.05) is 0 Å². The van der Waals surface area contributed by atoms with Crippen molar-refractivity contribution in [2.24, 2.45) is 0 Å². The molecule has 0 aromatic heterocycles. The summed E-state index contributed by atoms with van der Waals surface area (Å²) in [6.07, 6.45) is -23.3. The van der Waals surface area contributed by atoms with Crippen LogP contribution >= 0.6 is 0 Å². The number of halogens is 16. The molecule has 0 aromatic rings. The summed E-state index contributed by atoms with van der Waals surface area (Å²) < 4.78 is 208. The van der Waals surface area contributed by atoms with Crippen LogP contribution in [0.2, 0.25) is 0 Å². The Hall–Kier alpha value is 0.0686. The van der Waals surface area contributed by atoms with Crippen molar-refractivity contribution in [1.82, 2.24) is 0 Å². The second kappa shape index (κ2) is 23.4. The number of aliphatic hydroxyl groups is 3. The summed E-state index contributed by atoms with van der Waals surface area (Å²) in [5.41, 5.74) is 0. The van der Waals surface area contributed by atoms with Crippen LogP contribution in [0, 0.1) is 6.43 Å². The van der Waals surface area contributed by atoms with Gasteiger partial charge in [0, 0.05) is 97.2 Å². The molecule has 0 fully saturated rings. The minimum atomic E-state index is -7.30. The second-order valence-corrected chi connectivity index (χ2v) is 7.32. The first-order valence-electron chi connectivity index (χ1n) is 10.9. The molecule has 44 heavy (non-hydrogen) atoms. The molecule has 0 aliphatic rings. The van der Waals surface area contributed by atoms with Crippen molar-refractivity contribution in [1.29, 1.82) is 0 Å². The smallest absolute Gasteiger partial charge is 0.389 e. The third-order valence-electron chi connectivity index (χ3n) is 4.17. The zero-order chi connectivity index (χ0) is 35.0. The van der Waals surface area contributed by atoms with E-state index in [0.29, 0.717) is 0 Å². The van der Waals surface area contributed by atoms with Crippen LogP contribution in [0.4, 0.5) is 70.2 Å². The second-order valence-electron chi connectivity index (χ2n) is 7.32. The van der Waals surface area contributed by atoms with Gasteiger partial charge < -0.3 is 38.3 Å². The summed E-state index contributed by atoms with van der Waals surface area (Å²) in [6.45, 7) is 3.86. The average molecular weight is 767 g/mol. The van der Waals surface area contributed by atoms with Crippen molar-refractivity contribution in [3.63, 3.8) is 0 Å². The summed E-state index contributed by atoms with van der Waals surface area (Å²) in [5.74, 6) is -29.5. The number of alkyl halides is 14. The Kier molecular flexibility index (Phi) is 30.0. The predicted molar refractivity (Wildman–Crippen MR) is 111 cm³/mol. The third kappa shape index (κ3) is 19.0. The third-order valence-corrected chi connectivity index (χ3v) is 4.17. The van der Waals surface area contributed by atoms with Crippen LogP contribution in [0.3, 0.4) is 0 Å². The molecule has 0 aromatic carbocycles. The van der Waals surface area contributed by atoms with Crippen LogP contribution in [-0.2, 0) is 57.6 Å². The van der Waals surface area contributed by atoms with E-state index in [1.54, 1.807) is 13.8 Å². The Morgan fingerprint density at radius 3 is 1.11 bits per heavy atom. The molecule has 6 nitrogen and oxygen atoms in total. The van der Waals surface area contributed by atoms with Crippen molar-refractivity contribution < 1.29 is 143 Å². The normalized spacial score (nSPS) is 13.6. The molecular weight excluding hydrogens is 736 g/mol. The van der Waals surface area contributed by atoms with Gasteiger partial charge in [-0.3, -0.25) is 0 Å². The predicted octanol–water partition coefficient (Wildman–Crippen LogP) is 6.57. The summed E-state index contributed by atoms with van der Waals surface area (Å²) in [6, 6.07) is 0. The van der Waals surface area contributed by atoms with Crippen LogP contribution in [0.5, 0.6) is 0 Å². The van der Waals surface area contributed by atoms with Crippen molar-refractivity contribution in [3.05, 3.63) is 6.43 Å². The Morgan fingerprint density at radius 2 is 0.886 bits per heavy atom. The van der Waals surface area contributed by atoms with Crippen molar-refractivity contribution in [2.75, 3.05) is 34.5 Å². The van der Waals surface area contributed by atoms with Crippen molar-refractivity contribution in [3.8, 4) is 0 Å². The fourth-order valence-electron chi connectivity index (χ4n) is 2.14. The minimum Gasteiger partial charge on any atom is -0.415 e. The quantitative estimate of drug-likeness (QED) is 0.0902. The number of hydrogen-bond donors (Lipinski definition) is 3. The van der Waals surface area contributed by atoms with Gasteiger partial charge >= 0.3 is 36.1 Å². The molecule has 0 saturated carbocycles. The Bertz CT molecular complexity index is 684. The maximum absolute atomic E-state index is 12.7. The van der Waals surface area contributed by atoms with Gasteiger partial charge in [-0.25, -0.2) is 8.78 Å². The van der Waals surface area contributed by atoms with Gasteiger partial charge in [-0.05, 0) is 20.3 Å². The first kappa shape index (κ1) is 56.4. The fraction of sp³-hybridized carbons (Fsp3) is 0.950. The van der Waals surface area contributed by atoms with Gasteiger partial charge in [0.15, 0.2) is 0 Å². The minimum absolute atomic E-state index is 0. The number of ether oxygens (including phenoxy) is 3. The van der Waals surface area contributed by atoms with Crippen LogP contribution < -0.4 is 0 Å². The first-order chi connectivity index (χ1) is 18.5. The van der Waals surface area contributed by atoms with Gasteiger partial charge in [0.2, 0.25) is 0 Å². The molecule has 0 radical (unpaired) electrons. The van der Waals surface area contributed by atoms with Crippen LogP contribution in [0.15, 0.2) is 0 Å². The van der Waals surface area contributed by atoms with Crippen molar-refractivity contribution >= 4 is 0 Å². The maximum atomic E-state index is 12.7. The molecule has 3 N–H and O–H groups in total. The number of aliphatic hydroxyl groups excluding tert-OH is 3. The van der Waals surface area contributed by atoms with E-state index in [-0.39, 0.29) is 56.6 Å². The van der Waals surface area contributed by atoms with E-state index in [2.05, 4.69) is 0 Å². The molecular formula is C20H31F16O6Ti2-. The van der Waals surface area contributed by atoms with Gasteiger partial charge in [-0.2, -0.15) is 52.7 Å². The summed E-state index contributed by atoms with van der Waals surface area (Å²) in [4.78, 5) is 0. The molecule has 0 spiro atoms. The van der Waals surface area contributed by atoms with E-state index in [1.165, 1.54) is 21.3 Å². The van der Waals surface area contributed by atoms with Gasteiger partial charge in [0.25, 0.3) is 5.92 Å². The van der Waals surface area contributed by atoms with Gasteiger partial charge in [0.1, 0.15) is 6.10 Å². The SMILES string of the molecule is CCO.CCO.COC(OC)(OC)C(O)CCC(F)(F)F.F[C-](F)C(F)(F)C(F)(F)C(F)(F)C(F)(F)CCC(F)(F)F.[Ti].[Ti]. The number of hydrogen-bond acceptors (Lipinski definition) is 6. The largest absolute Gasteiger partial charge is 0.415 e. The molecule has 0 aliphatic carbocycles. The van der Waals surface area contributed by atoms with Crippen LogP contribution in [-0.4, -0.2) is 98.0 Å². The number of methoxy groups -OCH3 is 3. The molecule has 24 heteroatoms. The van der Waals surface area contributed by atoms with E-state index in [9.17, 15) is 75.4 Å². The fourth-order valence-corrected chi connectivity index (χ4v) is 2.14.